The van der Waals surface area contributed by atoms with Crippen LogP contribution in [0.4, 0.5) is 14.9 Å². The van der Waals surface area contributed by atoms with Gasteiger partial charge in [-0.05, 0) is 36.2 Å². The van der Waals surface area contributed by atoms with Crippen LogP contribution in [0.3, 0.4) is 0 Å². The first kappa shape index (κ1) is 17.7. The highest BCUT2D eigenvalue weighted by atomic mass is 19.1. The Balaban J connectivity index is 1.82. The third kappa shape index (κ3) is 6.26. The van der Waals surface area contributed by atoms with E-state index in [1.165, 1.54) is 12.1 Å². The van der Waals surface area contributed by atoms with Gasteiger partial charge in [0, 0.05) is 32.0 Å². The lowest BCUT2D eigenvalue weighted by molar-refractivity contribution is 0.194. The molecule has 2 aromatic carbocycles. The Kier molecular flexibility index (Phi) is 7.04. The fraction of sp³-hybridized carbons (Fsp3) is 0.278. The molecule has 0 aliphatic heterocycles. The van der Waals surface area contributed by atoms with Gasteiger partial charge in [-0.25, -0.2) is 9.18 Å². The average Bonchev–Trinajstić information content (AvgIpc) is 2.59. The van der Waals surface area contributed by atoms with E-state index in [1.807, 2.05) is 0 Å². The van der Waals surface area contributed by atoms with Crippen molar-refractivity contribution < 1.29 is 18.7 Å². The van der Waals surface area contributed by atoms with E-state index in [9.17, 15) is 9.18 Å². The van der Waals surface area contributed by atoms with Gasteiger partial charge in [0.15, 0.2) is 0 Å². The molecule has 0 saturated heterocycles. The molecule has 128 valence electrons. The lowest BCUT2D eigenvalue weighted by Crippen LogP contribution is -2.30. The Morgan fingerprint density at radius 2 is 1.96 bits per heavy atom. The van der Waals surface area contributed by atoms with Crippen molar-refractivity contribution in [2.75, 3.05) is 25.6 Å². The second-order valence-corrected chi connectivity index (χ2v) is 5.17. The molecule has 2 amide bonds. The summed E-state index contributed by atoms with van der Waals surface area (Å²) in [7, 11) is 1.62. The number of carbonyl (C=O) groups excluding carboxylic acids is 1. The molecular formula is C18H21FN2O3. The van der Waals surface area contributed by atoms with Gasteiger partial charge >= 0.3 is 6.03 Å². The maximum atomic E-state index is 12.9. The molecule has 2 aromatic rings. The molecule has 0 heterocycles. The summed E-state index contributed by atoms with van der Waals surface area (Å²) in [5.74, 6) is 0.345. The van der Waals surface area contributed by atoms with Gasteiger partial charge in [-0.2, -0.15) is 0 Å². The summed E-state index contributed by atoms with van der Waals surface area (Å²) in [5, 5.41) is 5.49. The Bertz CT molecular complexity index is 647. The summed E-state index contributed by atoms with van der Waals surface area (Å²) in [5.41, 5.74) is 1.50. The minimum Gasteiger partial charge on any atom is -0.489 e. The standard InChI is InChI=1S/C18H21FN2O3/c1-23-11-3-10-20-18(22)21-16-4-2-5-17(12-16)24-13-14-6-8-15(19)9-7-14/h2,4-9,12H,3,10-11,13H2,1H3,(H2,20,21,22). The van der Waals surface area contributed by atoms with E-state index in [4.69, 9.17) is 9.47 Å². The van der Waals surface area contributed by atoms with Crippen LogP contribution >= 0.6 is 0 Å². The van der Waals surface area contributed by atoms with Gasteiger partial charge in [0.1, 0.15) is 18.2 Å². The van der Waals surface area contributed by atoms with Crippen LogP contribution in [0, 0.1) is 5.82 Å². The predicted molar refractivity (Wildman–Crippen MR) is 90.7 cm³/mol. The average molecular weight is 332 g/mol. The summed E-state index contributed by atoms with van der Waals surface area (Å²) in [6.07, 6.45) is 0.755. The smallest absolute Gasteiger partial charge is 0.319 e. The highest BCUT2D eigenvalue weighted by Gasteiger charge is 2.03. The predicted octanol–water partition coefficient (Wildman–Crippen LogP) is 3.56. The largest absolute Gasteiger partial charge is 0.489 e. The van der Waals surface area contributed by atoms with Gasteiger partial charge in [-0.15, -0.1) is 0 Å². The minimum atomic E-state index is -0.276. The zero-order valence-corrected chi connectivity index (χ0v) is 13.5. The normalized spacial score (nSPS) is 10.2. The fourth-order valence-electron chi connectivity index (χ4n) is 2.00. The van der Waals surface area contributed by atoms with Gasteiger partial charge in [-0.3, -0.25) is 0 Å². The molecule has 0 unspecified atom stereocenters. The molecule has 0 radical (unpaired) electrons. The van der Waals surface area contributed by atoms with Gasteiger partial charge < -0.3 is 20.1 Å². The van der Waals surface area contributed by atoms with Crippen LogP contribution < -0.4 is 15.4 Å². The van der Waals surface area contributed by atoms with Gasteiger partial charge in [-0.1, -0.05) is 18.2 Å². The SMILES string of the molecule is COCCCNC(=O)Nc1cccc(OCc2ccc(F)cc2)c1. The van der Waals surface area contributed by atoms with E-state index in [1.54, 1.807) is 43.5 Å². The van der Waals surface area contributed by atoms with Crippen LogP contribution in [-0.4, -0.2) is 26.3 Å². The number of carbonyl (C=O) groups is 1. The van der Waals surface area contributed by atoms with E-state index in [0.29, 0.717) is 31.2 Å². The second kappa shape index (κ2) is 9.52. The van der Waals surface area contributed by atoms with E-state index in [0.717, 1.165) is 12.0 Å². The van der Waals surface area contributed by atoms with Crippen molar-refractivity contribution in [3.63, 3.8) is 0 Å². The number of nitrogens with one attached hydrogen (secondary N) is 2. The Labute approximate surface area is 140 Å². The lowest BCUT2D eigenvalue weighted by Gasteiger charge is -2.10. The van der Waals surface area contributed by atoms with Gasteiger partial charge in [0.25, 0.3) is 0 Å². The van der Waals surface area contributed by atoms with Crippen molar-refractivity contribution in [2.24, 2.45) is 0 Å². The molecule has 2 rings (SSSR count). The zero-order valence-electron chi connectivity index (χ0n) is 13.5. The molecule has 0 spiro atoms. The van der Waals surface area contributed by atoms with E-state index in [-0.39, 0.29) is 11.8 Å². The summed E-state index contributed by atoms with van der Waals surface area (Å²) in [6.45, 7) is 1.47. The number of anilines is 1. The second-order valence-electron chi connectivity index (χ2n) is 5.17. The topological polar surface area (TPSA) is 59.6 Å². The first-order valence-corrected chi connectivity index (χ1v) is 7.68. The molecule has 0 bridgehead atoms. The Morgan fingerprint density at radius 1 is 1.17 bits per heavy atom. The molecular weight excluding hydrogens is 311 g/mol. The highest BCUT2D eigenvalue weighted by Crippen LogP contribution is 2.18. The van der Waals surface area contributed by atoms with Crippen LogP contribution in [-0.2, 0) is 11.3 Å². The molecule has 0 aromatic heterocycles. The first-order chi connectivity index (χ1) is 11.7. The zero-order chi connectivity index (χ0) is 17.2. The molecule has 5 nitrogen and oxygen atoms in total. The molecule has 0 fully saturated rings. The van der Waals surface area contributed by atoms with Crippen molar-refractivity contribution in [3.05, 3.63) is 59.9 Å². The van der Waals surface area contributed by atoms with Crippen molar-refractivity contribution >= 4 is 11.7 Å². The number of halogens is 1. The monoisotopic (exact) mass is 332 g/mol. The number of amides is 2. The van der Waals surface area contributed by atoms with Crippen molar-refractivity contribution in [1.29, 1.82) is 0 Å². The number of benzene rings is 2. The fourth-order valence-corrected chi connectivity index (χ4v) is 2.00. The van der Waals surface area contributed by atoms with Crippen molar-refractivity contribution in [2.45, 2.75) is 13.0 Å². The number of ether oxygens (including phenoxy) is 2. The molecule has 0 aliphatic carbocycles. The van der Waals surface area contributed by atoms with Gasteiger partial charge in [0.05, 0.1) is 0 Å². The maximum absolute atomic E-state index is 12.9. The molecule has 24 heavy (non-hydrogen) atoms. The Hall–Kier alpha value is -2.60. The quantitative estimate of drug-likeness (QED) is 0.727. The third-order valence-corrected chi connectivity index (χ3v) is 3.22. The summed E-state index contributed by atoms with van der Waals surface area (Å²) >= 11 is 0. The molecule has 0 saturated carbocycles. The minimum absolute atomic E-state index is 0.276. The van der Waals surface area contributed by atoms with E-state index >= 15 is 0 Å². The van der Waals surface area contributed by atoms with Gasteiger partial charge in [0.2, 0.25) is 0 Å². The number of hydrogen-bond acceptors (Lipinski definition) is 3. The van der Waals surface area contributed by atoms with Crippen LogP contribution in [0.5, 0.6) is 5.75 Å². The van der Waals surface area contributed by atoms with Crippen molar-refractivity contribution in [1.82, 2.24) is 5.32 Å². The summed E-state index contributed by atoms with van der Waals surface area (Å²) in [6, 6.07) is 13.0. The maximum Gasteiger partial charge on any atom is 0.319 e. The van der Waals surface area contributed by atoms with Crippen molar-refractivity contribution in [3.8, 4) is 5.75 Å². The molecule has 0 atom stereocenters. The number of urea groups is 1. The summed E-state index contributed by atoms with van der Waals surface area (Å²) < 4.78 is 23.4. The number of hydrogen-bond donors (Lipinski definition) is 2. The molecule has 6 heteroatoms. The van der Waals surface area contributed by atoms with Crippen LogP contribution in [0.1, 0.15) is 12.0 Å². The van der Waals surface area contributed by atoms with E-state index < -0.39 is 0 Å². The number of rotatable bonds is 8. The lowest BCUT2D eigenvalue weighted by atomic mass is 10.2. The Morgan fingerprint density at radius 3 is 2.71 bits per heavy atom. The molecule has 0 aliphatic rings. The molecule has 2 N–H and O–H groups in total. The van der Waals surface area contributed by atoms with E-state index in [2.05, 4.69) is 10.6 Å². The summed E-state index contributed by atoms with van der Waals surface area (Å²) in [4.78, 5) is 11.8. The third-order valence-electron chi connectivity index (χ3n) is 3.22. The number of methoxy groups -OCH3 is 1. The highest BCUT2D eigenvalue weighted by molar-refractivity contribution is 5.89. The first-order valence-electron chi connectivity index (χ1n) is 7.68. The van der Waals surface area contributed by atoms with Crippen LogP contribution in [0.15, 0.2) is 48.5 Å². The van der Waals surface area contributed by atoms with Crippen LogP contribution in [0.25, 0.3) is 0 Å². The van der Waals surface area contributed by atoms with Crippen LogP contribution in [0.2, 0.25) is 0 Å².